The van der Waals surface area contributed by atoms with E-state index in [4.69, 9.17) is 0 Å². The number of hydrogen-bond donors (Lipinski definition) is 1. The fourth-order valence-electron chi connectivity index (χ4n) is 5.09. The number of rotatable bonds is 8. The number of nitrogens with zero attached hydrogens (tertiary/aromatic N) is 4. The van der Waals surface area contributed by atoms with Gasteiger partial charge in [-0.05, 0) is 62.1 Å². The molecule has 0 fully saturated rings. The molecule has 1 radical (unpaired) electrons. The van der Waals surface area contributed by atoms with E-state index in [1.165, 1.54) is 11.6 Å². The molecule has 2 heterocycles. The van der Waals surface area contributed by atoms with Crippen LogP contribution in [0.1, 0.15) is 91.1 Å². The van der Waals surface area contributed by atoms with Gasteiger partial charge in [-0.1, -0.05) is 83.2 Å². The second-order valence-electron chi connectivity index (χ2n) is 11.7. The first-order valence-electron chi connectivity index (χ1n) is 14.8. The van der Waals surface area contributed by atoms with Crippen molar-refractivity contribution in [1.82, 2.24) is 19.9 Å². The van der Waals surface area contributed by atoms with E-state index in [2.05, 4.69) is 71.9 Å². The minimum absolute atomic E-state index is 0. The molecule has 1 N–H and O–H groups in total. The van der Waals surface area contributed by atoms with E-state index in [0.29, 0.717) is 0 Å². The van der Waals surface area contributed by atoms with Gasteiger partial charge in [-0.3, -0.25) is 19.7 Å². The van der Waals surface area contributed by atoms with Crippen molar-refractivity contribution in [2.45, 2.75) is 93.4 Å². The maximum absolute atomic E-state index is 11.7. The largest absolute Gasteiger partial charge is 0.512 e. The van der Waals surface area contributed by atoms with Crippen molar-refractivity contribution < 1.29 is 30.0 Å². The average Bonchev–Trinajstić information content (AvgIpc) is 2.93. The maximum Gasteiger partial charge on any atom is 0.162 e. The summed E-state index contributed by atoms with van der Waals surface area (Å²) < 4.78 is 0. The Balaban J connectivity index is 0.000000334. The number of ketones is 1. The van der Waals surface area contributed by atoms with Crippen LogP contribution in [-0.2, 0) is 30.3 Å². The molecule has 0 amide bonds. The number of fused-ring (bicyclic) bond motifs is 2. The van der Waals surface area contributed by atoms with Crippen LogP contribution < -0.4 is 0 Å². The van der Waals surface area contributed by atoms with Crippen molar-refractivity contribution in [1.29, 1.82) is 0 Å². The van der Waals surface area contributed by atoms with E-state index in [0.717, 1.165) is 70.1 Å². The number of allylic oxidation sites excluding steroid dienone is 2. The second kappa shape index (κ2) is 15.4. The standard InChI is InChI=1S/C22H21N4.C13H24O2.Ir/c1-13-7-6-8-17-19(13)24-12-25-20(17)15-9-16-11-23-14(2)26-21(16)18(10-15)22(3,4)5;1-5-10(6-2)12(14)9-13(15)11(7-3)8-4;/h6-8,10-12H,1-5H3;9-11,14H,5-8H2,1-4H3;/q-1;;/b;12-9-;. The summed E-state index contributed by atoms with van der Waals surface area (Å²) in [6, 6.07) is 11.8. The van der Waals surface area contributed by atoms with E-state index < -0.39 is 0 Å². The van der Waals surface area contributed by atoms with Crippen LogP contribution in [0.5, 0.6) is 0 Å². The van der Waals surface area contributed by atoms with Crippen LogP contribution in [0.2, 0.25) is 0 Å². The number of para-hydroxylation sites is 1. The van der Waals surface area contributed by atoms with Gasteiger partial charge in [0.2, 0.25) is 0 Å². The van der Waals surface area contributed by atoms with Gasteiger partial charge in [-0.15, -0.1) is 12.1 Å². The Hall–Kier alpha value is -3.02. The topological polar surface area (TPSA) is 88.9 Å². The molecule has 4 aromatic rings. The molecule has 0 saturated carbocycles. The molecule has 7 heteroatoms. The molecule has 2 aromatic carbocycles. The average molecular weight is 746 g/mol. The minimum atomic E-state index is -0.0539. The van der Waals surface area contributed by atoms with Gasteiger partial charge in [-0.2, -0.15) is 0 Å². The van der Waals surface area contributed by atoms with Crippen LogP contribution in [0, 0.1) is 31.7 Å². The SMILES string of the molecule is CCC(CC)C(=O)/C=C(\O)C(CC)CC.Cc1ncc2[c-]c(-c3ncnc4c(C)cccc34)cc(C(C)(C)C)c2n1.[Ir]. The number of aromatic nitrogens is 4. The maximum atomic E-state index is 11.7. The molecule has 227 valence electrons. The molecule has 0 bridgehead atoms. The number of aliphatic hydroxyl groups is 1. The van der Waals surface area contributed by atoms with Crippen molar-refractivity contribution in [3.8, 4) is 11.3 Å². The molecular weight excluding hydrogens is 701 g/mol. The Labute approximate surface area is 264 Å². The third-order valence-corrected chi connectivity index (χ3v) is 7.73. The van der Waals surface area contributed by atoms with Gasteiger partial charge >= 0.3 is 0 Å². The minimum Gasteiger partial charge on any atom is -0.512 e. The predicted molar refractivity (Wildman–Crippen MR) is 169 cm³/mol. The van der Waals surface area contributed by atoms with Crippen LogP contribution >= 0.6 is 0 Å². The molecule has 0 atom stereocenters. The molecule has 0 aliphatic carbocycles. The van der Waals surface area contributed by atoms with Gasteiger partial charge in [0.1, 0.15) is 12.2 Å². The Morgan fingerprint density at radius 1 is 0.952 bits per heavy atom. The summed E-state index contributed by atoms with van der Waals surface area (Å²) in [6.45, 7) is 18.7. The van der Waals surface area contributed by atoms with Crippen LogP contribution in [0.25, 0.3) is 33.1 Å². The summed E-state index contributed by atoms with van der Waals surface area (Å²) in [7, 11) is 0. The van der Waals surface area contributed by atoms with Crippen molar-refractivity contribution in [2.75, 3.05) is 0 Å². The zero-order chi connectivity index (χ0) is 30.3. The molecule has 4 rings (SSSR count). The van der Waals surface area contributed by atoms with E-state index in [1.54, 1.807) is 6.33 Å². The van der Waals surface area contributed by atoms with Gasteiger partial charge < -0.3 is 5.11 Å². The third-order valence-electron chi connectivity index (χ3n) is 7.73. The van der Waals surface area contributed by atoms with E-state index in [-0.39, 0.29) is 48.9 Å². The zero-order valence-electron chi connectivity index (χ0n) is 26.5. The van der Waals surface area contributed by atoms with Gasteiger partial charge in [0.15, 0.2) is 5.78 Å². The first-order valence-corrected chi connectivity index (χ1v) is 14.8. The van der Waals surface area contributed by atoms with Gasteiger partial charge in [-0.25, -0.2) is 4.98 Å². The summed E-state index contributed by atoms with van der Waals surface area (Å²) in [5.74, 6) is 1.32. The molecular formula is C35H45IrN4O2-. The molecule has 0 unspecified atom stereocenters. The monoisotopic (exact) mass is 746 g/mol. The third kappa shape index (κ3) is 8.29. The summed E-state index contributed by atoms with van der Waals surface area (Å²) in [5.41, 5.74) is 6.04. The van der Waals surface area contributed by atoms with Gasteiger partial charge in [0.05, 0.1) is 11.3 Å². The molecule has 2 aromatic heterocycles. The first kappa shape index (κ1) is 35.2. The number of carbonyl (C=O) groups excluding carboxylic acids is 1. The van der Waals surface area contributed by atoms with E-state index >= 15 is 0 Å². The zero-order valence-corrected chi connectivity index (χ0v) is 28.9. The smallest absolute Gasteiger partial charge is 0.162 e. The fourth-order valence-corrected chi connectivity index (χ4v) is 5.09. The van der Waals surface area contributed by atoms with Crippen LogP contribution in [0.15, 0.2) is 48.6 Å². The molecule has 0 aliphatic heterocycles. The Morgan fingerprint density at radius 3 is 2.19 bits per heavy atom. The number of aryl methyl sites for hydroxylation is 2. The van der Waals surface area contributed by atoms with Crippen LogP contribution in [-0.4, -0.2) is 30.8 Å². The Kier molecular flexibility index (Phi) is 12.9. The van der Waals surface area contributed by atoms with Crippen molar-refractivity contribution >= 4 is 27.6 Å². The second-order valence-corrected chi connectivity index (χ2v) is 11.7. The predicted octanol–water partition coefficient (Wildman–Crippen LogP) is 8.82. The fraction of sp³-hybridized carbons (Fsp3) is 0.457. The number of hydrogen-bond acceptors (Lipinski definition) is 6. The Bertz CT molecular complexity index is 1530. The summed E-state index contributed by atoms with van der Waals surface area (Å²) in [5, 5.41) is 11.7. The number of carbonyl (C=O) groups is 1. The van der Waals surface area contributed by atoms with Crippen molar-refractivity contribution in [2.24, 2.45) is 11.8 Å². The number of benzene rings is 2. The molecule has 6 nitrogen and oxygen atoms in total. The van der Waals surface area contributed by atoms with Crippen LogP contribution in [0.3, 0.4) is 0 Å². The van der Waals surface area contributed by atoms with Crippen molar-refractivity contribution in [3.63, 3.8) is 0 Å². The normalized spacial score (nSPS) is 11.9. The van der Waals surface area contributed by atoms with E-state index in [9.17, 15) is 9.90 Å². The van der Waals surface area contributed by atoms with E-state index in [1.807, 2.05) is 46.9 Å². The van der Waals surface area contributed by atoms with Gasteiger partial charge in [0.25, 0.3) is 0 Å². The molecule has 42 heavy (non-hydrogen) atoms. The van der Waals surface area contributed by atoms with Gasteiger partial charge in [0, 0.05) is 49.2 Å². The quantitative estimate of drug-likeness (QED) is 0.110. The summed E-state index contributed by atoms with van der Waals surface area (Å²) in [4.78, 5) is 29.8. The summed E-state index contributed by atoms with van der Waals surface area (Å²) in [6.07, 6.45) is 8.39. The van der Waals surface area contributed by atoms with Crippen LogP contribution in [0.4, 0.5) is 0 Å². The molecule has 0 saturated heterocycles. The first-order chi connectivity index (χ1) is 19.4. The Morgan fingerprint density at radius 2 is 1.60 bits per heavy atom. The van der Waals surface area contributed by atoms with Crippen molar-refractivity contribution in [3.05, 3.63) is 71.6 Å². The number of aliphatic hydroxyl groups excluding tert-OH is 1. The summed E-state index contributed by atoms with van der Waals surface area (Å²) >= 11 is 0. The molecule has 0 spiro atoms. The molecule has 0 aliphatic rings.